The highest BCUT2D eigenvalue weighted by Crippen LogP contribution is 2.22. The molecule has 1 saturated heterocycles. The van der Waals surface area contributed by atoms with Crippen LogP contribution in [-0.2, 0) is 14.3 Å². The maximum Gasteiger partial charge on any atom is 0.344 e. The Balaban J connectivity index is 1.81. The van der Waals surface area contributed by atoms with Crippen molar-refractivity contribution < 1.29 is 24.1 Å². The second-order valence-electron chi connectivity index (χ2n) is 7.21. The van der Waals surface area contributed by atoms with E-state index in [1.165, 1.54) is 0 Å². The Morgan fingerprint density at radius 2 is 2.04 bits per heavy atom. The van der Waals surface area contributed by atoms with Gasteiger partial charge in [0.25, 0.3) is 0 Å². The Hall–Kier alpha value is -1.63. The van der Waals surface area contributed by atoms with Gasteiger partial charge in [-0.15, -0.1) is 0 Å². The smallest absolute Gasteiger partial charge is 0.344 e. The van der Waals surface area contributed by atoms with Crippen LogP contribution in [0.5, 0.6) is 5.75 Å². The van der Waals surface area contributed by atoms with Crippen molar-refractivity contribution in [3.8, 4) is 5.75 Å². The van der Waals surface area contributed by atoms with Crippen LogP contribution in [0.3, 0.4) is 0 Å². The second kappa shape index (κ2) is 9.17. The molecule has 6 heteroatoms. The number of morpholine rings is 1. The molecule has 25 heavy (non-hydrogen) atoms. The summed E-state index contributed by atoms with van der Waals surface area (Å²) in [6.07, 6.45) is 0.0862. The molecular formula is C19H29NO5. The third kappa shape index (κ3) is 7.42. The molecule has 1 aromatic rings. The summed E-state index contributed by atoms with van der Waals surface area (Å²) in [6.45, 7) is 9.45. The van der Waals surface area contributed by atoms with E-state index in [1.807, 2.05) is 32.9 Å². The highest BCUT2D eigenvalue weighted by Gasteiger charge is 2.17. The van der Waals surface area contributed by atoms with E-state index in [2.05, 4.69) is 4.90 Å². The highest BCUT2D eigenvalue weighted by atomic mass is 16.6. The summed E-state index contributed by atoms with van der Waals surface area (Å²) in [6, 6.07) is 7.22. The molecule has 0 amide bonds. The third-order valence-electron chi connectivity index (χ3n) is 3.84. The summed E-state index contributed by atoms with van der Waals surface area (Å²) >= 11 is 0. The molecule has 1 N–H and O–H groups in total. The molecule has 2 rings (SSSR count). The lowest BCUT2D eigenvalue weighted by Gasteiger charge is -2.27. The lowest BCUT2D eigenvalue weighted by Crippen LogP contribution is -2.37. The SMILES string of the molecule is CC(C)(C)OC(=O)COc1cccc([C@H](O)CCN2CCOCC2)c1. The molecular weight excluding hydrogens is 322 g/mol. The van der Waals surface area contributed by atoms with Crippen molar-refractivity contribution in [3.05, 3.63) is 29.8 Å². The first kappa shape index (κ1) is 19.7. The van der Waals surface area contributed by atoms with Gasteiger partial charge in [-0.2, -0.15) is 0 Å². The molecule has 0 bridgehead atoms. The number of nitrogens with zero attached hydrogens (tertiary/aromatic N) is 1. The number of hydrogen-bond donors (Lipinski definition) is 1. The van der Waals surface area contributed by atoms with Crippen LogP contribution in [0.1, 0.15) is 38.9 Å². The number of hydrogen-bond acceptors (Lipinski definition) is 6. The Bertz CT molecular complexity index is 549. The summed E-state index contributed by atoms with van der Waals surface area (Å²) < 4.78 is 16.0. The average molecular weight is 351 g/mol. The summed E-state index contributed by atoms with van der Waals surface area (Å²) in [7, 11) is 0. The van der Waals surface area contributed by atoms with Gasteiger partial charge in [-0.05, 0) is 44.9 Å². The van der Waals surface area contributed by atoms with Crippen molar-refractivity contribution in [3.63, 3.8) is 0 Å². The molecule has 0 spiro atoms. The van der Waals surface area contributed by atoms with Crippen molar-refractivity contribution in [1.82, 2.24) is 4.90 Å². The molecule has 1 aliphatic rings. The van der Waals surface area contributed by atoms with E-state index in [4.69, 9.17) is 14.2 Å². The number of carbonyl (C=O) groups is 1. The predicted molar refractivity (Wildman–Crippen MR) is 94.6 cm³/mol. The van der Waals surface area contributed by atoms with Crippen molar-refractivity contribution in [1.29, 1.82) is 0 Å². The molecule has 1 atom stereocenters. The van der Waals surface area contributed by atoms with Gasteiger partial charge >= 0.3 is 5.97 Å². The monoisotopic (exact) mass is 351 g/mol. The molecule has 6 nitrogen and oxygen atoms in total. The van der Waals surface area contributed by atoms with Gasteiger partial charge in [0.2, 0.25) is 0 Å². The minimum absolute atomic E-state index is 0.148. The molecule has 0 aliphatic carbocycles. The van der Waals surface area contributed by atoms with Crippen molar-refractivity contribution in [2.45, 2.75) is 38.9 Å². The van der Waals surface area contributed by atoms with Gasteiger partial charge in [0.05, 0.1) is 19.3 Å². The first-order valence-corrected chi connectivity index (χ1v) is 8.76. The standard InChI is InChI=1S/C19H29NO5/c1-19(2,3)25-18(22)14-24-16-6-4-5-15(13-16)17(21)7-8-20-9-11-23-12-10-20/h4-6,13,17,21H,7-12,14H2,1-3H3/t17-/m1/s1. The van der Waals surface area contributed by atoms with E-state index in [0.29, 0.717) is 12.2 Å². The lowest BCUT2D eigenvalue weighted by atomic mass is 10.1. The molecule has 0 unspecified atom stereocenters. The predicted octanol–water partition coefficient (Wildman–Crippen LogP) is 2.16. The Morgan fingerprint density at radius 3 is 2.72 bits per heavy atom. The number of esters is 1. The molecule has 1 fully saturated rings. The summed E-state index contributed by atoms with van der Waals surface area (Å²) in [4.78, 5) is 14.0. The number of aliphatic hydroxyl groups is 1. The zero-order valence-electron chi connectivity index (χ0n) is 15.4. The number of aliphatic hydroxyl groups excluding tert-OH is 1. The maximum atomic E-state index is 11.7. The van der Waals surface area contributed by atoms with E-state index in [0.717, 1.165) is 38.4 Å². The minimum atomic E-state index is -0.562. The van der Waals surface area contributed by atoms with Crippen LogP contribution >= 0.6 is 0 Å². The van der Waals surface area contributed by atoms with Crippen LogP contribution in [0, 0.1) is 0 Å². The molecule has 140 valence electrons. The number of rotatable bonds is 7. The van der Waals surface area contributed by atoms with Crippen LogP contribution in [-0.4, -0.2) is 61.0 Å². The molecule has 1 aromatic carbocycles. The van der Waals surface area contributed by atoms with Crippen LogP contribution < -0.4 is 4.74 Å². The van der Waals surface area contributed by atoms with E-state index in [9.17, 15) is 9.90 Å². The Morgan fingerprint density at radius 1 is 1.32 bits per heavy atom. The number of ether oxygens (including phenoxy) is 3. The first-order chi connectivity index (χ1) is 11.8. The topological polar surface area (TPSA) is 68.2 Å². The van der Waals surface area contributed by atoms with Crippen LogP contribution in [0.2, 0.25) is 0 Å². The zero-order chi connectivity index (χ0) is 18.3. The average Bonchev–Trinajstić information content (AvgIpc) is 2.57. The van der Waals surface area contributed by atoms with E-state index >= 15 is 0 Å². The highest BCUT2D eigenvalue weighted by molar-refractivity contribution is 5.71. The summed E-state index contributed by atoms with van der Waals surface area (Å²) in [5.41, 5.74) is 0.257. The minimum Gasteiger partial charge on any atom is -0.482 e. The van der Waals surface area contributed by atoms with Gasteiger partial charge in [0.1, 0.15) is 11.4 Å². The van der Waals surface area contributed by atoms with Crippen LogP contribution in [0.4, 0.5) is 0 Å². The fourth-order valence-electron chi connectivity index (χ4n) is 2.62. The molecule has 0 saturated carbocycles. The summed E-state index contributed by atoms with van der Waals surface area (Å²) in [5, 5.41) is 10.4. The Labute approximate surface area is 149 Å². The molecule has 0 radical (unpaired) electrons. The molecule has 1 heterocycles. The third-order valence-corrected chi connectivity index (χ3v) is 3.84. The van der Waals surface area contributed by atoms with Crippen molar-refractivity contribution in [2.24, 2.45) is 0 Å². The fourth-order valence-corrected chi connectivity index (χ4v) is 2.62. The number of benzene rings is 1. The van der Waals surface area contributed by atoms with E-state index in [-0.39, 0.29) is 6.61 Å². The van der Waals surface area contributed by atoms with Crippen molar-refractivity contribution in [2.75, 3.05) is 39.5 Å². The van der Waals surface area contributed by atoms with Gasteiger partial charge < -0.3 is 19.3 Å². The van der Waals surface area contributed by atoms with Gasteiger partial charge in [-0.1, -0.05) is 12.1 Å². The zero-order valence-corrected chi connectivity index (χ0v) is 15.4. The van der Waals surface area contributed by atoms with Crippen LogP contribution in [0.15, 0.2) is 24.3 Å². The summed E-state index contributed by atoms with van der Waals surface area (Å²) in [5.74, 6) is 0.138. The Kier molecular flexibility index (Phi) is 7.23. The lowest BCUT2D eigenvalue weighted by molar-refractivity contribution is -0.157. The maximum absolute atomic E-state index is 11.7. The van der Waals surface area contributed by atoms with Gasteiger partial charge in [-0.3, -0.25) is 4.90 Å². The van der Waals surface area contributed by atoms with Crippen LogP contribution in [0.25, 0.3) is 0 Å². The normalized spacial score (nSPS) is 17.1. The van der Waals surface area contributed by atoms with Gasteiger partial charge in [0.15, 0.2) is 6.61 Å². The van der Waals surface area contributed by atoms with E-state index in [1.54, 1.807) is 12.1 Å². The number of carbonyl (C=O) groups excluding carboxylic acids is 1. The first-order valence-electron chi connectivity index (χ1n) is 8.76. The fraction of sp³-hybridized carbons (Fsp3) is 0.632. The second-order valence-corrected chi connectivity index (χ2v) is 7.21. The molecule has 1 aliphatic heterocycles. The quantitative estimate of drug-likeness (QED) is 0.760. The molecule has 0 aromatic heterocycles. The van der Waals surface area contributed by atoms with E-state index < -0.39 is 17.7 Å². The van der Waals surface area contributed by atoms with Crippen molar-refractivity contribution >= 4 is 5.97 Å². The van der Waals surface area contributed by atoms with Gasteiger partial charge in [0, 0.05) is 19.6 Å². The van der Waals surface area contributed by atoms with Gasteiger partial charge in [-0.25, -0.2) is 4.79 Å². The largest absolute Gasteiger partial charge is 0.482 e.